The van der Waals surface area contributed by atoms with Gasteiger partial charge in [0.2, 0.25) is 5.88 Å². The van der Waals surface area contributed by atoms with Gasteiger partial charge in [-0.05, 0) is 68.2 Å². The summed E-state index contributed by atoms with van der Waals surface area (Å²) in [5, 5.41) is 12.0. The standard InChI is InChI=1S/C31H31F3N6O4/c32-31(33,34)10-11-43-25-9-8-24-22(16-36-40(24)26(25)18-6-7-18)28(42)37-19-12-30(13-19)14-21(15-30)44-29-23(27(35)41)17-39(38-29)20-4-2-1-3-5-20/h1-5,8-9,16-19,21H,6-7,10-15H2,(H2,35,41)(H,37,42). The molecule has 1 spiro atoms. The third-order valence-electron chi connectivity index (χ3n) is 8.79. The number of rotatable bonds is 10. The van der Waals surface area contributed by atoms with Crippen LogP contribution in [0.1, 0.15) is 77.3 Å². The Balaban J connectivity index is 0.956. The molecule has 230 valence electrons. The highest BCUT2D eigenvalue weighted by Crippen LogP contribution is 2.57. The fourth-order valence-electron chi connectivity index (χ4n) is 6.52. The van der Waals surface area contributed by atoms with Gasteiger partial charge in [-0.3, -0.25) is 9.59 Å². The largest absolute Gasteiger partial charge is 0.491 e. The molecular weight excluding hydrogens is 577 g/mol. The van der Waals surface area contributed by atoms with Crippen LogP contribution in [0.25, 0.3) is 11.2 Å². The van der Waals surface area contributed by atoms with Crippen LogP contribution in [0.4, 0.5) is 13.2 Å². The lowest BCUT2D eigenvalue weighted by molar-refractivity contribution is -0.139. The van der Waals surface area contributed by atoms with E-state index in [0.29, 0.717) is 22.5 Å². The van der Waals surface area contributed by atoms with Crippen LogP contribution in [0, 0.1) is 5.41 Å². The normalized spacial score (nSPS) is 22.8. The minimum Gasteiger partial charge on any atom is -0.491 e. The summed E-state index contributed by atoms with van der Waals surface area (Å²) in [7, 11) is 0. The molecule has 0 atom stereocenters. The molecular formula is C31H31F3N6O4. The van der Waals surface area contributed by atoms with Gasteiger partial charge >= 0.3 is 6.18 Å². The molecule has 1 aromatic carbocycles. The molecule has 0 aliphatic heterocycles. The van der Waals surface area contributed by atoms with Gasteiger partial charge < -0.3 is 20.5 Å². The molecule has 3 aromatic heterocycles. The van der Waals surface area contributed by atoms with E-state index in [9.17, 15) is 22.8 Å². The molecule has 0 bridgehead atoms. The van der Waals surface area contributed by atoms with Gasteiger partial charge in [0.15, 0.2) is 0 Å². The number of hydrogen-bond acceptors (Lipinski definition) is 6. The van der Waals surface area contributed by atoms with Gasteiger partial charge in [0.25, 0.3) is 11.8 Å². The number of carbonyl (C=O) groups is 2. The molecule has 0 saturated heterocycles. The molecule has 13 heteroatoms. The number of aromatic nitrogens is 4. The number of amides is 2. The lowest BCUT2D eigenvalue weighted by Gasteiger charge is -2.57. The summed E-state index contributed by atoms with van der Waals surface area (Å²) < 4.78 is 52.7. The fourth-order valence-corrected chi connectivity index (χ4v) is 6.52. The molecule has 10 nitrogen and oxygen atoms in total. The number of primary amides is 1. The van der Waals surface area contributed by atoms with Gasteiger partial charge in [-0.2, -0.15) is 18.3 Å². The maximum atomic E-state index is 13.2. The Labute approximate surface area is 250 Å². The van der Waals surface area contributed by atoms with E-state index in [0.717, 1.165) is 44.2 Å². The highest BCUT2D eigenvalue weighted by atomic mass is 19.4. The Bertz CT molecular complexity index is 1720. The van der Waals surface area contributed by atoms with Crippen LogP contribution < -0.4 is 20.5 Å². The third kappa shape index (κ3) is 5.46. The number of fused-ring (bicyclic) bond motifs is 1. The molecule has 2 amide bonds. The minimum absolute atomic E-state index is 0.00440. The van der Waals surface area contributed by atoms with Crippen molar-refractivity contribution < 1.29 is 32.2 Å². The molecule has 3 aliphatic rings. The predicted molar refractivity (Wildman–Crippen MR) is 152 cm³/mol. The molecule has 3 N–H and O–H groups in total. The number of halogens is 3. The van der Waals surface area contributed by atoms with E-state index in [1.54, 1.807) is 27.5 Å². The molecule has 4 aromatic rings. The number of nitrogens with two attached hydrogens (primary N) is 1. The SMILES string of the molecule is NC(=O)c1cn(-c2ccccc2)nc1OC1CC2(CC(NC(=O)c3cnn4c(C5CC5)c(OCCC(F)(F)F)ccc34)C2)C1. The first-order valence-corrected chi connectivity index (χ1v) is 14.7. The van der Waals surface area contributed by atoms with E-state index < -0.39 is 25.1 Å². The van der Waals surface area contributed by atoms with Crippen molar-refractivity contribution >= 4 is 17.3 Å². The van der Waals surface area contributed by atoms with Crippen molar-refractivity contribution in [3.63, 3.8) is 0 Å². The van der Waals surface area contributed by atoms with Crippen molar-refractivity contribution in [3.8, 4) is 17.3 Å². The second-order valence-corrected chi connectivity index (χ2v) is 12.1. The summed E-state index contributed by atoms with van der Waals surface area (Å²) in [6.45, 7) is -0.470. The van der Waals surface area contributed by atoms with Crippen molar-refractivity contribution in [2.24, 2.45) is 11.1 Å². The number of para-hydroxylation sites is 1. The monoisotopic (exact) mass is 608 g/mol. The average molecular weight is 609 g/mol. The van der Waals surface area contributed by atoms with E-state index in [4.69, 9.17) is 15.2 Å². The molecule has 0 radical (unpaired) electrons. The van der Waals surface area contributed by atoms with Gasteiger partial charge in [-0.25, -0.2) is 9.20 Å². The predicted octanol–water partition coefficient (Wildman–Crippen LogP) is 4.95. The highest BCUT2D eigenvalue weighted by molar-refractivity contribution is 6.01. The summed E-state index contributed by atoms with van der Waals surface area (Å²) in [6.07, 6.45) is 2.62. The molecule has 44 heavy (non-hydrogen) atoms. The average Bonchev–Trinajstić information content (AvgIpc) is 3.53. The Morgan fingerprint density at radius 3 is 2.48 bits per heavy atom. The first kappa shape index (κ1) is 28.2. The second-order valence-electron chi connectivity index (χ2n) is 12.1. The number of alkyl halides is 3. The van der Waals surface area contributed by atoms with Crippen LogP contribution >= 0.6 is 0 Å². The van der Waals surface area contributed by atoms with Gasteiger partial charge in [-0.1, -0.05) is 18.2 Å². The number of nitrogens with one attached hydrogen (secondary N) is 1. The third-order valence-corrected chi connectivity index (χ3v) is 8.79. The van der Waals surface area contributed by atoms with Crippen LogP contribution in [0.15, 0.2) is 54.9 Å². The zero-order valence-electron chi connectivity index (χ0n) is 23.7. The van der Waals surface area contributed by atoms with Crippen molar-refractivity contribution in [3.05, 3.63) is 71.7 Å². The van der Waals surface area contributed by atoms with E-state index in [2.05, 4.69) is 15.5 Å². The lowest BCUT2D eigenvalue weighted by Crippen LogP contribution is -2.58. The first-order valence-electron chi connectivity index (χ1n) is 14.7. The first-order chi connectivity index (χ1) is 21.1. The number of carbonyl (C=O) groups excluding carboxylic acids is 2. The topological polar surface area (TPSA) is 126 Å². The van der Waals surface area contributed by atoms with Crippen molar-refractivity contribution in [1.29, 1.82) is 0 Å². The van der Waals surface area contributed by atoms with Crippen LogP contribution in [0.2, 0.25) is 0 Å². The molecule has 3 saturated carbocycles. The van der Waals surface area contributed by atoms with Crippen molar-refractivity contribution in [1.82, 2.24) is 24.7 Å². The highest BCUT2D eigenvalue weighted by Gasteiger charge is 2.54. The smallest absolute Gasteiger partial charge is 0.392 e. The van der Waals surface area contributed by atoms with Crippen LogP contribution in [0.5, 0.6) is 11.6 Å². The Morgan fingerprint density at radius 2 is 1.80 bits per heavy atom. The van der Waals surface area contributed by atoms with Gasteiger partial charge in [0.1, 0.15) is 17.4 Å². The number of hydrogen-bond donors (Lipinski definition) is 2. The zero-order valence-corrected chi connectivity index (χ0v) is 23.7. The zero-order chi connectivity index (χ0) is 30.6. The number of pyridine rings is 1. The Kier molecular flexibility index (Phi) is 6.78. The van der Waals surface area contributed by atoms with E-state index in [-0.39, 0.29) is 40.8 Å². The van der Waals surface area contributed by atoms with Crippen LogP contribution in [-0.4, -0.2) is 56.1 Å². The second kappa shape index (κ2) is 10.6. The van der Waals surface area contributed by atoms with Crippen LogP contribution in [0.3, 0.4) is 0 Å². The molecule has 3 fully saturated rings. The van der Waals surface area contributed by atoms with Gasteiger partial charge in [-0.15, -0.1) is 5.10 Å². The Morgan fingerprint density at radius 1 is 1.05 bits per heavy atom. The van der Waals surface area contributed by atoms with E-state index in [1.165, 1.54) is 6.20 Å². The van der Waals surface area contributed by atoms with Crippen LogP contribution in [-0.2, 0) is 0 Å². The minimum atomic E-state index is -4.30. The van der Waals surface area contributed by atoms with Crippen molar-refractivity contribution in [2.75, 3.05) is 6.61 Å². The summed E-state index contributed by atoms with van der Waals surface area (Å²) >= 11 is 0. The number of nitrogens with zero attached hydrogens (tertiary/aromatic N) is 4. The number of benzene rings is 1. The van der Waals surface area contributed by atoms with E-state index in [1.807, 2.05) is 30.3 Å². The quantitative estimate of drug-likeness (QED) is 0.263. The molecule has 0 unspecified atom stereocenters. The lowest BCUT2D eigenvalue weighted by atomic mass is 9.53. The van der Waals surface area contributed by atoms with Crippen molar-refractivity contribution in [2.45, 2.75) is 69.2 Å². The van der Waals surface area contributed by atoms with Gasteiger partial charge in [0.05, 0.1) is 41.7 Å². The maximum Gasteiger partial charge on any atom is 0.392 e. The summed E-state index contributed by atoms with van der Waals surface area (Å²) in [5.74, 6) is -0.113. The molecule has 3 aliphatic carbocycles. The summed E-state index contributed by atoms with van der Waals surface area (Å²) in [6, 6.07) is 12.7. The molecule has 3 heterocycles. The van der Waals surface area contributed by atoms with Gasteiger partial charge in [0, 0.05) is 18.2 Å². The summed E-state index contributed by atoms with van der Waals surface area (Å²) in [4.78, 5) is 25.3. The number of ether oxygens (including phenoxy) is 2. The fraction of sp³-hybridized carbons (Fsp3) is 0.419. The van der Waals surface area contributed by atoms with E-state index >= 15 is 0 Å². The molecule has 7 rings (SSSR count). The summed E-state index contributed by atoms with van der Waals surface area (Å²) in [5.41, 5.74) is 8.38. The maximum absolute atomic E-state index is 13.2. The Hall–Kier alpha value is -4.55.